The van der Waals surface area contributed by atoms with Crippen molar-refractivity contribution < 1.29 is 9.90 Å². The zero-order valence-corrected chi connectivity index (χ0v) is 23.5. The molecule has 0 radical (unpaired) electrons. The Bertz CT molecular complexity index is 1340. The molecule has 2 aliphatic heterocycles. The zero-order chi connectivity index (χ0) is 26.5. The molecule has 4 nitrogen and oxygen atoms in total. The van der Waals surface area contributed by atoms with E-state index in [1.807, 2.05) is 30.3 Å². The minimum absolute atomic E-state index is 0.115. The van der Waals surface area contributed by atoms with Gasteiger partial charge in [-0.25, -0.2) is 4.79 Å². The zero-order valence-electron chi connectivity index (χ0n) is 21.2. The Morgan fingerprint density at radius 3 is 2.49 bits per heavy atom. The molecule has 1 fully saturated rings. The van der Waals surface area contributed by atoms with Gasteiger partial charge in [-0.2, -0.15) is 0 Å². The minimum atomic E-state index is -0.924. The van der Waals surface area contributed by atoms with E-state index >= 15 is 0 Å². The predicted molar refractivity (Wildman–Crippen MR) is 153 cm³/mol. The highest BCUT2D eigenvalue weighted by atomic mass is 35.5. The van der Waals surface area contributed by atoms with Crippen LogP contribution < -0.4 is 10.2 Å². The number of hydrogen-bond acceptors (Lipinski definition) is 3. The van der Waals surface area contributed by atoms with E-state index in [2.05, 4.69) is 49.2 Å². The summed E-state index contributed by atoms with van der Waals surface area (Å²) >= 11 is 19.9. The summed E-state index contributed by atoms with van der Waals surface area (Å²) in [5.41, 5.74) is 4.63. The smallest absolute Gasteiger partial charge is 0.335 e. The van der Waals surface area contributed by atoms with Crippen molar-refractivity contribution in [1.29, 1.82) is 0 Å². The number of aromatic carboxylic acids is 1. The number of hydrogen-bond donors (Lipinski definition) is 2. The van der Waals surface area contributed by atoms with Gasteiger partial charge in [-0.15, -0.1) is 0 Å². The number of fused-ring (bicyclic) bond motifs is 2. The molecule has 0 unspecified atom stereocenters. The highest BCUT2D eigenvalue weighted by Gasteiger charge is 2.57. The molecule has 3 aromatic rings. The molecule has 3 aromatic carbocycles. The van der Waals surface area contributed by atoms with Gasteiger partial charge in [-0.1, -0.05) is 85.9 Å². The van der Waals surface area contributed by atoms with Crippen LogP contribution in [0.25, 0.3) is 0 Å². The SMILES string of the molecule is CC(C)(C)C[C@@H]1NC[C@H](c2cccc(Cl)c2Cl)[C@]12CN(Cc1ccc(C(=O)O)cc1)c1cc(Cl)ccc12. The van der Waals surface area contributed by atoms with Crippen LogP contribution in [-0.2, 0) is 12.0 Å². The molecule has 0 aliphatic carbocycles. The Balaban J connectivity index is 1.63. The fourth-order valence-corrected chi connectivity index (χ4v) is 6.87. The van der Waals surface area contributed by atoms with Crippen LogP contribution in [0.3, 0.4) is 0 Å². The Morgan fingerprint density at radius 2 is 1.81 bits per heavy atom. The summed E-state index contributed by atoms with van der Waals surface area (Å²) in [7, 11) is 0. The Kier molecular flexibility index (Phi) is 6.99. The van der Waals surface area contributed by atoms with E-state index in [9.17, 15) is 9.90 Å². The first-order valence-corrected chi connectivity index (χ1v) is 13.7. The third kappa shape index (κ3) is 4.85. The molecule has 0 aromatic heterocycles. The van der Waals surface area contributed by atoms with Crippen molar-refractivity contribution in [3.8, 4) is 0 Å². The van der Waals surface area contributed by atoms with Crippen LogP contribution in [0, 0.1) is 5.41 Å². The number of nitrogens with zero attached hydrogens (tertiary/aromatic N) is 1. The van der Waals surface area contributed by atoms with Crippen molar-refractivity contribution in [1.82, 2.24) is 5.32 Å². The van der Waals surface area contributed by atoms with Gasteiger partial charge in [0.1, 0.15) is 0 Å². The van der Waals surface area contributed by atoms with Crippen molar-refractivity contribution >= 4 is 46.5 Å². The van der Waals surface area contributed by atoms with E-state index in [-0.39, 0.29) is 28.4 Å². The Labute approximate surface area is 233 Å². The van der Waals surface area contributed by atoms with Gasteiger partial charge in [0.2, 0.25) is 0 Å². The summed E-state index contributed by atoms with van der Waals surface area (Å²) in [6, 6.07) is 19.5. The second-order valence-corrected chi connectivity index (χ2v) is 12.7. The van der Waals surface area contributed by atoms with Crippen molar-refractivity contribution in [2.45, 2.75) is 51.1 Å². The first-order chi connectivity index (χ1) is 17.5. The van der Waals surface area contributed by atoms with Gasteiger partial charge in [0, 0.05) is 47.7 Å². The fourth-order valence-electron chi connectivity index (χ4n) is 6.27. The van der Waals surface area contributed by atoms with Crippen molar-refractivity contribution in [2.75, 3.05) is 18.0 Å². The second kappa shape index (κ2) is 9.81. The average Bonchev–Trinajstić information content (AvgIpc) is 3.33. The van der Waals surface area contributed by atoms with Crippen molar-refractivity contribution in [3.05, 3.63) is 98.0 Å². The molecule has 2 aliphatic rings. The van der Waals surface area contributed by atoms with Crippen LogP contribution in [0.4, 0.5) is 5.69 Å². The fraction of sp³-hybridized carbons (Fsp3) is 0.367. The number of anilines is 1. The molecule has 1 spiro atoms. The van der Waals surface area contributed by atoms with Crippen molar-refractivity contribution in [3.63, 3.8) is 0 Å². The maximum absolute atomic E-state index is 11.3. The van der Waals surface area contributed by atoms with Gasteiger partial charge in [-0.3, -0.25) is 0 Å². The lowest BCUT2D eigenvalue weighted by atomic mass is 9.64. The molecule has 194 valence electrons. The molecular formula is C30H31Cl3N2O2. The number of halogens is 3. The third-order valence-electron chi connectivity index (χ3n) is 7.81. The molecule has 7 heteroatoms. The van der Waals surface area contributed by atoms with E-state index in [0.717, 1.165) is 36.3 Å². The highest BCUT2D eigenvalue weighted by Crippen LogP contribution is 2.57. The maximum atomic E-state index is 11.3. The summed E-state index contributed by atoms with van der Waals surface area (Å²) in [5.74, 6) is -0.808. The van der Waals surface area contributed by atoms with Crippen LogP contribution >= 0.6 is 34.8 Å². The van der Waals surface area contributed by atoms with Gasteiger partial charge in [0.05, 0.1) is 15.6 Å². The highest BCUT2D eigenvalue weighted by molar-refractivity contribution is 6.42. The first-order valence-electron chi connectivity index (χ1n) is 12.5. The van der Waals surface area contributed by atoms with Gasteiger partial charge in [0.15, 0.2) is 0 Å². The van der Waals surface area contributed by atoms with E-state index in [0.29, 0.717) is 21.6 Å². The lowest BCUT2D eigenvalue weighted by molar-refractivity contribution is 0.0697. The lowest BCUT2D eigenvalue weighted by Crippen LogP contribution is -2.48. The average molecular weight is 558 g/mol. The molecule has 3 atom stereocenters. The van der Waals surface area contributed by atoms with E-state index in [1.165, 1.54) is 5.56 Å². The number of nitrogens with one attached hydrogen (secondary N) is 1. The van der Waals surface area contributed by atoms with Crippen LogP contribution in [-0.4, -0.2) is 30.2 Å². The predicted octanol–water partition coefficient (Wildman–Crippen LogP) is 7.79. The van der Waals surface area contributed by atoms with Crippen molar-refractivity contribution in [2.24, 2.45) is 5.41 Å². The molecule has 0 amide bonds. The normalized spacial score (nSPS) is 23.0. The Hall–Kier alpha value is -2.24. The summed E-state index contributed by atoms with van der Waals surface area (Å²) in [6.07, 6.45) is 0.991. The van der Waals surface area contributed by atoms with Gasteiger partial charge in [0.25, 0.3) is 0 Å². The molecule has 5 rings (SSSR count). The van der Waals surface area contributed by atoms with E-state index in [1.54, 1.807) is 12.1 Å². The molecule has 0 saturated carbocycles. The topological polar surface area (TPSA) is 52.6 Å². The number of carboxylic acids is 1. The minimum Gasteiger partial charge on any atom is -0.478 e. The van der Waals surface area contributed by atoms with E-state index in [4.69, 9.17) is 34.8 Å². The van der Waals surface area contributed by atoms with E-state index < -0.39 is 5.97 Å². The molecule has 1 saturated heterocycles. The number of rotatable bonds is 5. The molecule has 2 heterocycles. The van der Waals surface area contributed by atoms with Crippen LogP contribution in [0.5, 0.6) is 0 Å². The summed E-state index contributed by atoms with van der Waals surface area (Å²) in [6.45, 7) is 9.06. The number of carbonyl (C=O) groups is 1. The Morgan fingerprint density at radius 1 is 1.08 bits per heavy atom. The van der Waals surface area contributed by atoms with Gasteiger partial charge in [-0.05, 0) is 58.9 Å². The first kappa shape index (κ1) is 26.4. The molecule has 2 N–H and O–H groups in total. The van der Waals surface area contributed by atoms with Gasteiger partial charge >= 0.3 is 5.97 Å². The monoisotopic (exact) mass is 556 g/mol. The molecule has 37 heavy (non-hydrogen) atoms. The summed E-state index contributed by atoms with van der Waals surface area (Å²) in [5, 5.41) is 15.1. The third-order valence-corrected chi connectivity index (χ3v) is 8.88. The molecule has 0 bridgehead atoms. The quantitative estimate of drug-likeness (QED) is 0.336. The number of carboxylic acid groups (broad SMARTS) is 1. The lowest BCUT2D eigenvalue weighted by Gasteiger charge is -2.40. The van der Waals surface area contributed by atoms with Gasteiger partial charge < -0.3 is 15.3 Å². The summed E-state index contributed by atoms with van der Waals surface area (Å²) in [4.78, 5) is 13.7. The standard InChI is InChI=1S/C30H31Cl3N2O2/c1-29(2,3)14-26-30(23(15-34-26)21-5-4-6-24(32)27(21)33)17-35(25-13-20(31)11-12-22(25)30)16-18-7-9-19(10-8-18)28(36)37/h4-13,23,26,34H,14-17H2,1-3H3,(H,36,37)/t23-,26+,30-/m1/s1. The number of benzene rings is 3. The maximum Gasteiger partial charge on any atom is 0.335 e. The van der Waals surface area contributed by atoms with Crippen LogP contribution in [0.1, 0.15) is 60.2 Å². The van der Waals surface area contributed by atoms with Crippen LogP contribution in [0.15, 0.2) is 60.7 Å². The van der Waals surface area contributed by atoms with Crippen LogP contribution in [0.2, 0.25) is 15.1 Å². The molecular weight excluding hydrogens is 527 g/mol. The largest absolute Gasteiger partial charge is 0.478 e. The second-order valence-electron chi connectivity index (χ2n) is 11.5. The summed E-state index contributed by atoms with van der Waals surface area (Å²) < 4.78 is 0.